The third kappa shape index (κ3) is 1.56. The molecule has 1 aromatic carbocycles. The molecule has 3 heterocycles. The molecule has 0 bridgehead atoms. The van der Waals surface area contributed by atoms with Gasteiger partial charge in [0.15, 0.2) is 17.8 Å². The number of rotatable bonds is 2. The van der Waals surface area contributed by atoms with Crippen LogP contribution < -0.4 is 9.47 Å². The minimum absolute atomic E-state index is 0.256. The monoisotopic (exact) mass is 266 g/mol. The predicted octanol–water partition coefficient (Wildman–Crippen LogP) is 2.57. The van der Waals surface area contributed by atoms with Crippen LogP contribution in [0.5, 0.6) is 11.5 Å². The molecule has 5 heteroatoms. The van der Waals surface area contributed by atoms with Crippen LogP contribution in [0.2, 0.25) is 0 Å². The van der Waals surface area contributed by atoms with Crippen LogP contribution >= 0.6 is 0 Å². The van der Waals surface area contributed by atoms with Gasteiger partial charge in [0.1, 0.15) is 5.65 Å². The van der Waals surface area contributed by atoms with Gasteiger partial charge in [0.2, 0.25) is 6.79 Å². The molecule has 0 amide bonds. The molecule has 0 N–H and O–H groups in total. The van der Waals surface area contributed by atoms with Gasteiger partial charge in [-0.05, 0) is 24.3 Å². The van der Waals surface area contributed by atoms with Gasteiger partial charge < -0.3 is 14.0 Å². The Kier molecular flexibility index (Phi) is 2.26. The van der Waals surface area contributed by atoms with E-state index in [4.69, 9.17) is 9.47 Å². The predicted molar refractivity (Wildman–Crippen MR) is 72.6 cm³/mol. The Morgan fingerprint density at radius 2 is 2.05 bits per heavy atom. The number of pyridine rings is 1. The standard InChI is InChI=1S/C15H10N2O3/c18-8-10-5-11-3-4-17(15(11)16-7-10)12-1-2-13-14(6-12)20-9-19-13/h1-8H,9H2. The average molecular weight is 266 g/mol. The van der Waals surface area contributed by atoms with Gasteiger partial charge in [0, 0.05) is 29.4 Å². The summed E-state index contributed by atoms with van der Waals surface area (Å²) in [5.74, 6) is 1.48. The molecule has 3 aromatic rings. The summed E-state index contributed by atoms with van der Waals surface area (Å²) in [7, 11) is 0. The third-order valence-corrected chi connectivity index (χ3v) is 3.32. The fourth-order valence-electron chi connectivity index (χ4n) is 2.35. The molecule has 0 fully saturated rings. The molecule has 0 radical (unpaired) electrons. The van der Waals surface area contributed by atoms with Gasteiger partial charge in [-0.25, -0.2) is 4.98 Å². The number of aromatic nitrogens is 2. The molecule has 5 nitrogen and oxygen atoms in total. The molecule has 0 atom stereocenters. The lowest BCUT2D eigenvalue weighted by Gasteiger charge is -2.06. The van der Waals surface area contributed by atoms with E-state index in [-0.39, 0.29) is 6.79 Å². The molecule has 4 rings (SSSR count). The van der Waals surface area contributed by atoms with Crippen molar-refractivity contribution in [3.63, 3.8) is 0 Å². The summed E-state index contributed by atoms with van der Waals surface area (Å²) in [5, 5.41) is 0.923. The van der Waals surface area contributed by atoms with Gasteiger partial charge in [-0.2, -0.15) is 0 Å². The number of hydrogen-bond acceptors (Lipinski definition) is 4. The molecule has 1 aliphatic heterocycles. The normalized spacial score (nSPS) is 12.8. The van der Waals surface area contributed by atoms with Crippen LogP contribution in [0.3, 0.4) is 0 Å². The minimum atomic E-state index is 0.256. The van der Waals surface area contributed by atoms with E-state index in [0.717, 1.165) is 34.5 Å². The van der Waals surface area contributed by atoms with Crippen molar-refractivity contribution >= 4 is 17.3 Å². The molecule has 0 saturated carbocycles. The Balaban J connectivity index is 1.88. The van der Waals surface area contributed by atoms with Crippen LogP contribution in [0, 0.1) is 0 Å². The number of carbonyl (C=O) groups excluding carboxylic acids is 1. The topological polar surface area (TPSA) is 53.4 Å². The second-order valence-electron chi connectivity index (χ2n) is 4.52. The molecule has 0 saturated heterocycles. The quantitative estimate of drug-likeness (QED) is 0.669. The highest BCUT2D eigenvalue weighted by Crippen LogP contribution is 2.34. The summed E-state index contributed by atoms with van der Waals surface area (Å²) in [6, 6.07) is 9.49. The number of ether oxygens (including phenoxy) is 2. The number of carbonyl (C=O) groups is 1. The van der Waals surface area contributed by atoms with Crippen molar-refractivity contribution in [1.29, 1.82) is 0 Å². The van der Waals surface area contributed by atoms with Gasteiger partial charge in [-0.1, -0.05) is 0 Å². The van der Waals surface area contributed by atoms with Crippen LogP contribution in [-0.4, -0.2) is 22.6 Å². The zero-order valence-electron chi connectivity index (χ0n) is 10.4. The SMILES string of the molecule is O=Cc1cnc2c(ccn2-c2ccc3c(c2)OCO3)c1. The van der Waals surface area contributed by atoms with Crippen molar-refractivity contribution < 1.29 is 14.3 Å². The van der Waals surface area contributed by atoms with Crippen molar-refractivity contribution in [2.24, 2.45) is 0 Å². The van der Waals surface area contributed by atoms with Gasteiger partial charge in [0.25, 0.3) is 0 Å². The molecule has 20 heavy (non-hydrogen) atoms. The summed E-state index contributed by atoms with van der Waals surface area (Å²) in [4.78, 5) is 15.1. The smallest absolute Gasteiger partial charge is 0.231 e. The average Bonchev–Trinajstić information content (AvgIpc) is 3.11. The highest BCUT2D eigenvalue weighted by Gasteiger charge is 2.14. The summed E-state index contributed by atoms with van der Waals surface area (Å²) < 4.78 is 12.6. The second-order valence-corrected chi connectivity index (χ2v) is 4.52. The lowest BCUT2D eigenvalue weighted by molar-refractivity contribution is 0.112. The maximum atomic E-state index is 10.8. The van der Waals surface area contributed by atoms with Crippen LogP contribution in [0.25, 0.3) is 16.7 Å². The third-order valence-electron chi connectivity index (χ3n) is 3.32. The van der Waals surface area contributed by atoms with E-state index in [0.29, 0.717) is 5.56 Å². The molecule has 0 unspecified atom stereocenters. The van der Waals surface area contributed by atoms with Crippen molar-refractivity contribution in [2.75, 3.05) is 6.79 Å². The highest BCUT2D eigenvalue weighted by molar-refractivity contribution is 5.85. The van der Waals surface area contributed by atoms with E-state index in [1.807, 2.05) is 41.1 Å². The molecule has 0 spiro atoms. The highest BCUT2D eigenvalue weighted by atomic mass is 16.7. The number of fused-ring (bicyclic) bond motifs is 2. The summed E-state index contributed by atoms with van der Waals surface area (Å²) in [6.07, 6.45) is 4.28. The lowest BCUT2D eigenvalue weighted by Crippen LogP contribution is -1.94. The van der Waals surface area contributed by atoms with Crippen molar-refractivity contribution in [3.05, 3.63) is 48.3 Å². The largest absolute Gasteiger partial charge is 0.454 e. The van der Waals surface area contributed by atoms with Gasteiger partial charge in [-0.3, -0.25) is 4.79 Å². The van der Waals surface area contributed by atoms with Crippen molar-refractivity contribution in [2.45, 2.75) is 0 Å². The molecule has 1 aliphatic rings. The van der Waals surface area contributed by atoms with E-state index < -0.39 is 0 Å². The number of hydrogen-bond donors (Lipinski definition) is 0. The first-order valence-corrected chi connectivity index (χ1v) is 6.17. The van der Waals surface area contributed by atoms with E-state index in [1.54, 1.807) is 6.20 Å². The maximum absolute atomic E-state index is 10.8. The molecular weight excluding hydrogens is 256 g/mol. The molecule has 98 valence electrons. The Labute approximate surface area is 114 Å². The fraction of sp³-hybridized carbons (Fsp3) is 0.0667. The first-order valence-electron chi connectivity index (χ1n) is 6.17. The Bertz CT molecular complexity index is 823. The maximum Gasteiger partial charge on any atom is 0.231 e. The van der Waals surface area contributed by atoms with E-state index in [1.165, 1.54) is 0 Å². The van der Waals surface area contributed by atoms with E-state index >= 15 is 0 Å². The zero-order chi connectivity index (χ0) is 13.5. The van der Waals surface area contributed by atoms with Gasteiger partial charge in [-0.15, -0.1) is 0 Å². The summed E-state index contributed by atoms with van der Waals surface area (Å²) >= 11 is 0. The van der Waals surface area contributed by atoms with Crippen molar-refractivity contribution in [1.82, 2.24) is 9.55 Å². The first kappa shape index (κ1) is 11.0. The second kappa shape index (κ2) is 4.09. The molecule has 0 aliphatic carbocycles. The molecular formula is C15H10N2O3. The van der Waals surface area contributed by atoms with Gasteiger partial charge in [0.05, 0.1) is 5.69 Å². The van der Waals surface area contributed by atoms with Crippen LogP contribution in [0.1, 0.15) is 10.4 Å². The van der Waals surface area contributed by atoms with Crippen LogP contribution in [0.15, 0.2) is 42.7 Å². The Hall–Kier alpha value is -2.82. The summed E-state index contributed by atoms with van der Waals surface area (Å²) in [6.45, 7) is 0.256. The van der Waals surface area contributed by atoms with Gasteiger partial charge >= 0.3 is 0 Å². The van der Waals surface area contributed by atoms with Crippen LogP contribution in [-0.2, 0) is 0 Å². The van der Waals surface area contributed by atoms with E-state index in [9.17, 15) is 4.79 Å². The minimum Gasteiger partial charge on any atom is -0.454 e. The fourth-order valence-corrected chi connectivity index (χ4v) is 2.35. The van der Waals surface area contributed by atoms with E-state index in [2.05, 4.69) is 4.98 Å². The number of aldehydes is 1. The zero-order valence-corrected chi connectivity index (χ0v) is 10.4. The Morgan fingerprint density at radius 1 is 1.15 bits per heavy atom. The number of benzene rings is 1. The molecule has 2 aromatic heterocycles. The number of nitrogens with zero attached hydrogens (tertiary/aromatic N) is 2. The Morgan fingerprint density at radius 3 is 2.95 bits per heavy atom. The summed E-state index contributed by atoms with van der Waals surface area (Å²) in [5.41, 5.74) is 2.31. The first-order chi connectivity index (χ1) is 9.85. The lowest BCUT2D eigenvalue weighted by atomic mass is 10.2. The van der Waals surface area contributed by atoms with Crippen molar-refractivity contribution in [3.8, 4) is 17.2 Å². The van der Waals surface area contributed by atoms with Crippen LogP contribution in [0.4, 0.5) is 0 Å².